The lowest BCUT2D eigenvalue weighted by molar-refractivity contribution is -0.155. The van der Waals surface area contributed by atoms with Crippen molar-refractivity contribution in [2.45, 2.75) is 31.3 Å². The highest BCUT2D eigenvalue weighted by Crippen LogP contribution is 2.28. The summed E-state index contributed by atoms with van der Waals surface area (Å²) in [5.41, 5.74) is 5.92. The zero-order valence-corrected chi connectivity index (χ0v) is 16.6. The minimum Gasteiger partial charge on any atom is -0.459 e. The zero-order chi connectivity index (χ0) is 22.4. The molecule has 0 saturated carbocycles. The number of amides is 1. The number of ether oxygens (including phenoxy) is 4. The van der Waals surface area contributed by atoms with Gasteiger partial charge in [0.2, 0.25) is 0 Å². The van der Waals surface area contributed by atoms with Crippen LogP contribution in [0.1, 0.15) is 27.6 Å². The Morgan fingerprint density at radius 3 is 1.90 bits per heavy atom. The molecule has 0 radical (unpaired) electrons. The summed E-state index contributed by atoms with van der Waals surface area (Å²) in [6.45, 7) is 0.777. The molecule has 1 saturated heterocycles. The van der Waals surface area contributed by atoms with E-state index in [0.717, 1.165) is 6.92 Å². The van der Waals surface area contributed by atoms with Crippen molar-refractivity contribution in [3.05, 3.63) is 71.8 Å². The van der Waals surface area contributed by atoms with E-state index in [1.165, 1.54) is 12.1 Å². The molecule has 0 aliphatic carbocycles. The van der Waals surface area contributed by atoms with Crippen molar-refractivity contribution >= 4 is 23.8 Å². The molecule has 31 heavy (non-hydrogen) atoms. The van der Waals surface area contributed by atoms with Gasteiger partial charge in [-0.1, -0.05) is 36.4 Å². The third-order valence-corrected chi connectivity index (χ3v) is 4.53. The van der Waals surface area contributed by atoms with E-state index in [1.807, 2.05) is 0 Å². The van der Waals surface area contributed by atoms with Gasteiger partial charge in [-0.05, 0) is 24.3 Å². The lowest BCUT2D eigenvalue weighted by atomic mass is 10.1. The summed E-state index contributed by atoms with van der Waals surface area (Å²) in [4.78, 5) is 48.3. The summed E-state index contributed by atoms with van der Waals surface area (Å²) < 4.78 is 21.5. The molecule has 2 N–H and O–H groups in total. The third kappa shape index (κ3) is 5.46. The molecule has 0 unspecified atom stereocenters. The van der Waals surface area contributed by atoms with Crippen LogP contribution in [0.3, 0.4) is 0 Å². The summed E-state index contributed by atoms with van der Waals surface area (Å²) in [5.74, 6) is -2.99. The van der Waals surface area contributed by atoms with Crippen LogP contribution < -0.4 is 5.73 Å². The summed E-state index contributed by atoms with van der Waals surface area (Å²) in [5, 5.41) is 0. The molecule has 0 aromatic heterocycles. The first-order valence-electron chi connectivity index (χ1n) is 9.47. The number of carbonyl (C=O) groups is 4. The van der Waals surface area contributed by atoms with E-state index in [-0.39, 0.29) is 12.2 Å². The maximum absolute atomic E-state index is 12.6. The molecule has 9 heteroatoms. The topological polar surface area (TPSA) is 131 Å². The van der Waals surface area contributed by atoms with Crippen molar-refractivity contribution < 1.29 is 38.1 Å². The van der Waals surface area contributed by atoms with Gasteiger partial charge in [-0.25, -0.2) is 9.59 Å². The van der Waals surface area contributed by atoms with Crippen LogP contribution in [0.25, 0.3) is 0 Å². The molecule has 2 aromatic carbocycles. The fourth-order valence-corrected chi connectivity index (χ4v) is 3.13. The first-order chi connectivity index (χ1) is 14.9. The van der Waals surface area contributed by atoms with Gasteiger partial charge in [-0.2, -0.15) is 0 Å². The SMILES string of the molecule is CC(=O)O[C@@H]1[C@H](OC(=O)c2ccccc2)[C@@H](COC(=O)c2ccccc2)O[C@H]1C(N)=O. The summed E-state index contributed by atoms with van der Waals surface area (Å²) in [7, 11) is 0. The molecule has 0 bridgehead atoms. The van der Waals surface area contributed by atoms with Crippen LogP contribution in [-0.2, 0) is 28.5 Å². The Morgan fingerprint density at radius 1 is 0.839 bits per heavy atom. The minimum absolute atomic E-state index is 0.242. The maximum atomic E-state index is 12.6. The van der Waals surface area contributed by atoms with Crippen molar-refractivity contribution in [3.63, 3.8) is 0 Å². The molecule has 1 fully saturated rings. The number of rotatable bonds is 7. The van der Waals surface area contributed by atoms with Gasteiger partial charge in [0.25, 0.3) is 5.91 Å². The first kappa shape index (κ1) is 22.0. The predicted molar refractivity (Wildman–Crippen MR) is 106 cm³/mol. The van der Waals surface area contributed by atoms with Crippen LogP contribution in [0.5, 0.6) is 0 Å². The standard InChI is InChI=1S/C22H21NO8/c1-13(24)29-18-17(31-22(27)15-10-6-3-7-11-15)16(30-19(18)20(23)25)12-28-21(26)14-8-4-2-5-9-14/h2-11,16-19H,12H2,1H3,(H2,23,25)/t16-,17-,18-,19-/m1/s1. The Balaban J connectivity index is 1.80. The van der Waals surface area contributed by atoms with Crippen molar-refractivity contribution in [2.75, 3.05) is 6.61 Å². The molecule has 0 spiro atoms. The lowest BCUT2D eigenvalue weighted by Crippen LogP contribution is -2.45. The van der Waals surface area contributed by atoms with Crippen molar-refractivity contribution in [1.82, 2.24) is 0 Å². The molecular weight excluding hydrogens is 406 g/mol. The van der Waals surface area contributed by atoms with E-state index in [2.05, 4.69) is 0 Å². The smallest absolute Gasteiger partial charge is 0.338 e. The Morgan fingerprint density at radius 2 is 1.39 bits per heavy atom. The summed E-state index contributed by atoms with van der Waals surface area (Å²) in [6, 6.07) is 16.3. The molecule has 1 aliphatic heterocycles. The lowest BCUT2D eigenvalue weighted by Gasteiger charge is -2.23. The number of carbonyl (C=O) groups excluding carboxylic acids is 4. The average Bonchev–Trinajstić information content (AvgIpc) is 3.10. The minimum atomic E-state index is -1.38. The normalized spacial score (nSPS) is 22.4. The number of benzene rings is 2. The van der Waals surface area contributed by atoms with Gasteiger partial charge < -0.3 is 24.7 Å². The van der Waals surface area contributed by atoms with Gasteiger partial charge >= 0.3 is 17.9 Å². The van der Waals surface area contributed by atoms with E-state index < -0.39 is 48.2 Å². The Labute approximate surface area is 178 Å². The van der Waals surface area contributed by atoms with Crippen LogP contribution in [0.15, 0.2) is 60.7 Å². The van der Waals surface area contributed by atoms with Crippen molar-refractivity contribution in [3.8, 4) is 0 Å². The van der Waals surface area contributed by atoms with Gasteiger partial charge in [0, 0.05) is 6.92 Å². The largest absolute Gasteiger partial charge is 0.459 e. The molecule has 1 heterocycles. The number of esters is 3. The molecule has 3 rings (SSSR count). The fraction of sp³-hybridized carbons (Fsp3) is 0.273. The monoisotopic (exact) mass is 427 g/mol. The van der Waals surface area contributed by atoms with Crippen LogP contribution in [0.2, 0.25) is 0 Å². The Hall–Kier alpha value is -3.72. The highest BCUT2D eigenvalue weighted by molar-refractivity contribution is 5.90. The highest BCUT2D eigenvalue weighted by Gasteiger charge is 2.52. The van der Waals surface area contributed by atoms with E-state index in [1.54, 1.807) is 48.5 Å². The van der Waals surface area contributed by atoms with E-state index in [4.69, 9.17) is 24.7 Å². The molecule has 1 amide bonds. The molecule has 2 aromatic rings. The summed E-state index contributed by atoms with van der Waals surface area (Å²) in [6.07, 6.45) is -4.97. The maximum Gasteiger partial charge on any atom is 0.338 e. The second kappa shape index (κ2) is 9.86. The Bertz CT molecular complexity index is 946. The van der Waals surface area contributed by atoms with E-state index in [0.29, 0.717) is 5.56 Å². The Kier molecular flexibility index (Phi) is 6.99. The average molecular weight is 427 g/mol. The van der Waals surface area contributed by atoms with Gasteiger partial charge in [-0.3, -0.25) is 9.59 Å². The van der Waals surface area contributed by atoms with Gasteiger partial charge in [0.15, 0.2) is 18.3 Å². The van der Waals surface area contributed by atoms with Crippen LogP contribution >= 0.6 is 0 Å². The van der Waals surface area contributed by atoms with E-state index >= 15 is 0 Å². The third-order valence-electron chi connectivity index (χ3n) is 4.53. The van der Waals surface area contributed by atoms with Gasteiger partial charge in [-0.15, -0.1) is 0 Å². The number of nitrogens with two attached hydrogens (primary N) is 1. The second-order valence-electron chi connectivity index (χ2n) is 6.77. The summed E-state index contributed by atoms with van der Waals surface area (Å²) >= 11 is 0. The van der Waals surface area contributed by atoms with E-state index in [9.17, 15) is 19.2 Å². The van der Waals surface area contributed by atoms with Crippen LogP contribution in [0, 0.1) is 0 Å². The highest BCUT2D eigenvalue weighted by atomic mass is 16.7. The number of hydrogen-bond acceptors (Lipinski definition) is 8. The molecule has 162 valence electrons. The quantitative estimate of drug-likeness (QED) is 0.516. The molecule has 1 aliphatic rings. The van der Waals surface area contributed by atoms with Crippen LogP contribution in [-0.4, -0.2) is 54.8 Å². The zero-order valence-electron chi connectivity index (χ0n) is 16.6. The molecule has 4 atom stereocenters. The second-order valence-corrected chi connectivity index (χ2v) is 6.77. The van der Waals surface area contributed by atoms with Crippen molar-refractivity contribution in [2.24, 2.45) is 5.73 Å². The fourth-order valence-electron chi connectivity index (χ4n) is 3.13. The predicted octanol–water partition coefficient (Wildman–Crippen LogP) is 1.25. The van der Waals surface area contributed by atoms with Crippen molar-refractivity contribution in [1.29, 1.82) is 0 Å². The van der Waals surface area contributed by atoms with Crippen LogP contribution in [0.4, 0.5) is 0 Å². The number of primary amides is 1. The van der Waals surface area contributed by atoms with Gasteiger partial charge in [0.1, 0.15) is 12.7 Å². The number of hydrogen-bond donors (Lipinski definition) is 1. The first-order valence-corrected chi connectivity index (χ1v) is 9.47. The molecule has 9 nitrogen and oxygen atoms in total. The van der Waals surface area contributed by atoms with Gasteiger partial charge in [0.05, 0.1) is 11.1 Å². The molecular formula is C22H21NO8.